The van der Waals surface area contributed by atoms with Gasteiger partial charge in [-0.2, -0.15) is 0 Å². The van der Waals surface area contributed by atoms with Gasteiger partial charge in [-0.1, -0.05) is 5.16 Å². The van der Waals surface area contributed by atoms with Crippen LogP contribution in [0, 0.1) is 34.6 Å². The van der Waals surface area contributed by atoms with Crippen LogP contribution in [0.5, 0.6) is 0 Å². The van der Waals surface area contributed by atoms with Gasteiger partial charge in [0.25, 0.3) is 0 Å². The second-order valence-corrected chi connectivity index (χ2v) is 6.57. The Bertz CT molecular complexity index is 1110. The van der Waals surface area contributed by atoms with Gasteiger partial charge >= 0.3 is 0 Å². The zero-order chi connectivity index (χ0) is 18.6. The Labute approximate surface area is 150 Å². The van der Waals surface area contributed by atoms with Crippen molar-refractivity contribution >= 4 is 17.0 Å². The summed E-state index contributed by atoms with van der Waals surface area (Å²) in [7, 11) is 0. The Balaban J connectivity index is 2.09. The van der Waals surface area contributed by atoms with E-state index in [1.807, 2.05) is 34.6 Å². The van der Waals surface area contributed by atoms with Crippen LogP contribution >= 0.6 is 0 Å². The summed E-state index contributed by atoms with van der Waals surface area (Å²) in [6.07, 6.45) is 0. The smallest absolute Gasteiger partial charge is 0.220 e. The summed E-state index contributed by atoms with van der Waals surface area (Å²) in [4.78, 5) is 16.7. The van der Waals surface area contributed by atoms with E-state index in [4.69, 9.17) is 10.3 Å². The third-order valence-electron chi connectivity index (χ3n) is 4.58. The second kappa shape index (κ2) is 5.66. The highest BCUT2D eigenvalue weighted by molar-refractivity contribution is 5.97. The first-order valence-electron chi connectivity index (χ1n) is 8.40. The molecule has 3 aromatic heterocycles. The molecule has 4 aromatic rings. The number of aryl methyl sites for hydroxylation is 5. The van der Waals surface area contributed by atoms with Crippen LogP contribution < -0.4 is 5.73 Å². The lowest BCUT2D eigenvalue weighted by Crippen LogP contribution is -2.02. The minimum atomic E-state index is 0.278. The maximum absolute atomic E-state index is 5.81. The number of nitrogens with one attached hydrogen (secondary N) is 1. The standard InChI is InChI=1S/C19H20N6O/c1-8-16(9(2)22-19(20)21-8)14-6-13(17-10(3)25-26-11(17)4)7-15-18(14)24-12(5)23-15/h6-7H,1-5H3,(H,23,24)(H2,20,21,22). The number of hydrogen-bond acceptors (Lipinski definition) is 6. The minimum absolute atomic E-state index is 0.278. The van der Waals surface area contributed by atoms with E-state index < -0.39 is 0 Å². The molecule has 7 nitrogen and oxygen atoms in total. The molecule has 0 saturated carbocycles. The van der Waals surface area contributed by atoms with E-state index in [1.165, 1.54) is 0 Å². The molecule has 132 valence electrons. The van der Waals surface area contributed by atoms with Crippen LogP contribution in [0.25, 0.3) is 33.3 Å². The molecule has 0 spiro atoms. The third-order valence-corrected chi connectivity index (χ3v) is 4.58. The van der Waals surface area contributed by atoms with E-state index in [2.05, 4.69) is 37.2 Å². The van der Waals surface area contributed by atoms with E-state index in [-0.39, 0.29) is 5.95 Å². The summed E-state index contributed by atoms with van der Waals surface area (Å²) >= 11 is 0. The summed E-state index contributed by atoms with van der Waals surface area (Å²) in [5.74, 6) is 1.91. The van der Waals surface area contributed by atoms with Crippen molar-refractivity contribution in [1.29, 1.82) is 0 Å². The largest absolute Gasteiger partial charge is 0.368 e. The molecule has 4 rings (SSSR count). The zero-order valence-electron chi connectivity index (χ0n) is 15.4. The maximum Gasteiger partial charge on any atom is 0.220 e. The lowest BCUT2D eigenvalue weighted by Gasteiger charge is -2.12. The van der Waals surface area contributed by atoms with Crippen molar-refractivity contribution < 1.29 is 4.52 Å². The lowest BCUT2D eigenvalue weighted by atomic mass is 9.95. The van der Waals surface area contributed by atoms with E-state index in [0.29, 0.717) is 0 Å². The Morgan fingerprint density at radius 1 is 0.885 bits per heavy atom. The van der Waals surface area contributed by atoms with Gasteiger partial charge in [-0.15, -0.1) is 0 Å². The predicted molar refractivity (Wildman–Crippen MR) is 101 cm³/mol. The van der Waals surface area contributed by atoms with Crippen LogP contribution in [0.2, 0.25) is 0 Å². The molecule has 0 atom stereocenters. The Morgan fingerprint density at radius 3 is 2.19 bits per heavy atom. The summed E-state index contributed by atoms with van der Waals surface area (Å²) in [5, 5.41) is 4.08. The Hall–Kier alpha value is -3.22. The van der Waals surface area contributed by atoms with E-state index in [1.54, 1.807) is 0 Å². The van der Waals surface area contributed by atoms with Gasteiger partial charge in [0, 0.05) is 16.7 Å². The van der Waals surface area contributed by atoms with Crippen LogP contribution in [-0.4, -0.2) is 25.1 Å². The number of aromatic amines is 1. The van der Waals surface area contributed by atoms with Gasteiger partial charge in [0.2, 0.25) is 5.95 Å². The molecule has 0 aliphatic carbocycles. The molecule has 0 bridgehead atoms. The number of aromatic nitrogens is 5. The molecule has 0 amide bonds. The highest BCUT2D eigenvalue weighted by atomic mass is 16.5. The monoisotopic (exact) mass is 348 g/mol. The fourth-order valence-corrected chi connectivity index (χ4v) is 3.60. The molecular formula is C19H20N6O. The van der Waals surface area contributed by atoms with Gasteiger partial charge in [0.1, 0.15) is 11.6 Å². The molecule has 0 saturated heterocycles. The van der Waals surface area contributed by atoms with Crippen molar-refractivity contribution in [3.63, 3.8) is 0 Å². The van der Waals surface area contributed by atoms with Crippen molar-refractivity contribution in [3.8, 4) is 22.3 Å². The van der Waals surface area contributed by atoms with Gasteiger partial charge in [0.15, 0.2) is 0 Å². The molecule has 0 fully saturated rings. The van der Waals surface area contributed by atoms with Crippen molar-refractivity contribution in [2.45, 2.75) is 34.6 Å². The van der Waals surface area contributed by atoms with Crippen molar-refractivity contribution in [2.75, 3.05) is 5.73 Å². The maximum atomic E-state index is 5.81. The number of rotatable bonds is 2. The molecule has 3 heterocycles. The number of H-pyrrole nitrogens is 1. The van der Waals surface area contributed by atoms with Gasteiger partial charge in [-0.25, -0.2) is 15.0 Å². The van der Waals surface area contributed by atoms with Crippen molar-refractivity contribution in [3.05, 3.63) is 40.8 Å². The molecule has 26 heavy (non-hydrogen) atoms. The highest BCUT2D eigenvalue weighted by Gasteiger charge is 2.19. The third kappa shape index (κ3) is 2.44. The number of fused-ring (bicyclic) bond motifs is 1. The SMILES string of the molecule is Cc1nc2c(-c3c(C)nc(N)nc3C)cc(-c3c(C)noc3C)cc2[nH]1. The summed E-state index contributed by atoms with van der Waals surface area (Å²) in [6, 6.07) is 4.18. The summed E-state index contributed by atoms with van der Waals surface area (Å²) in [6.45, 7) is 9.68. The van der Waals surface area contributed by atoms with Gasteiger partial charge in [-0.05, 0) is 52.3 Å². The molecule has 0 unspecified atom stereocenters. The van der Waals surface area contributed by atoms with Crippen molar-refractivity contribution in [2.24, 2.45) is 0 Å². The van der Waals surface area contributed by atoms with Crippen LogP contribution in [0.15, 0.2) is 16.7 Å². The van der Waals surface area contributed by atoms with Crippen LogP contribution in [0.1, 0.15) is 28.7 Å². The molecule has 7 heteroatoms. The number of imidazole rings is 1. The summed E-state index contributed by atoms with van der Waals surface area (Å²) in [5.41, 5.74) is 14.1. The first-order chi connectivity index (χ1) is 12.3. The van der Waals surface area contributed by atoms with Crippen LogP contribution in [0.3, 0.4) is 0 Å². The first kappa shape index (κ1) is 16.3. The first-order valence-corrected chi connectivity index (χ1v) is 8.40. The number of hydrogen-bond donors (Lipinski definition) is 2. The van der Waals surface area contributed by atoms with Gasteiger partial charge < -0.3 is 15.2 Å². The zero-order valence-corrected chi connectivity index (χ0v) is 15.4. The lowest BCUT2D eigenvalue weighted by molar-refractivity contribution is 0.393. The average molecular weight is 348 g/mol. The van der Waals surface area contributed by atoms with Crippen molar-refractivity contribution in [1.82, 2.24) is 25.1 Å². The fourth-order valence-electron chi connectivity index (χ4n) is 3.60. The quantitative estimate of drug-likeness (QED) is 0.570. The molecular weight excluding hydrogens is 328 g/mol. The number of benzene rings is 1. The normalized spacial score (nSPS) is 11.4. The summed E-state index contributed by atoms with van der Waals surface area (Å²) < 4.78 is 5.36. The average Bonchev–Trinajstić information content (AvgIpc) is 3.07. The van der Waals surface area contributed by atoms with E-state index in [0.717, 1.165) is 62.0 Å². The van der Waals surface area contributed by atoms with E-state index in [9.17, 15) is 0 Å². The number of nitrogens with zero attached hydrogens (tertiary/aromatic N) is 4. The van der Waals surface area contributed by atoms with Gasteiger partial charge in [0.05, 0.1) is 28.1 Å². The molecule has 3 N–H and O–H groups in total. The minimum Gasteiger partial charge on any atom is -0.368 e. The Morgan fingerprint density at radius 2 is 1.58 bits per heavy atom. The molecule has 0 aliphatic heterocycles. The van der Waals surface area contributed by atoms with Gasteiger partial charge in [-0.3, -0.25) is 0 Å². The van der Waals surface area contributed by atoms with Crippen LogP contribution in [0.4, 0.5) is 5.95 Å². The predicted octanol–water partition coefficient (Wildman–Crippen LogP) is 3.80. The fraction of sp³-hybridized carbons (Fsp3) is 0.263. The topological polar surface area (TPSA) is 107 Å². The number of nitrogens with two attached hydrogens (primary N) is 1. The number of anilines is 1. The molecule has 0 radical (unpaired) electrons. The van der Waals surface area contributed by atoms with Crippen LogP contribution in [-0.2, 0) is 0 Å². The molecule has 0 aliphatic rings. The Kier molecular flexibility index (Phi) is 3.54. The second-order valence-electron chi connectivity index (χ2n) is 6.57. The number of nitrogen functional groups attached to an aromatic ring is 1. The highest BCUT2D eigenvalue weighted by Crippen LogP contribution is 2.37. The molecule has 1 aromatic carbocycles. The van der Waals surface area contributed by atoms with E-state index >= 15 is 0 Å².